The Balaban J connectivity index is 1.77. The van der Waals surface area contributed by atoms with Gasteiger partial charge in [-0.05, 0) is 62.5 Å². The molecule has 1 unspecified atom stereocenters. The lowest BCUT2D eigenvalue weighted by Crippen LogP contribution is -2.33. The summed E-state index contributed by atoms with van der Waals surface area (Å²) >= 11 is 0. The third-order valence-electron chi connectivity index (χ3n) is 3.59. The van der Waals surface area contributed by atoms with Gasteiger partial charge in [-0.15, -0.1) is 13.2 Å². The number of benzene rings is 1. The lowest BCUT2D eigenvalue weighted by Gasteiger charge is -2.22. The van der Waals surface area contributed by atoms with Crippen molar-refractivity contribution < 1.29 is 22.7 Å². The summed E-state index contributed by atoms with van der Waals surface area (Å²) in [6.07, 6.45) is -1.52. The van der Waals surface area contributed by atoms with Gasteiger partial charge >= 0.3 is 6.36 Å². The van der Waals surface area contributed by atoms with Crippen molar-refractivity contribution in [1.29, 1.82) is 0 Å². The molecule has 1 amide bonds. The van der Waals surface area contributed by atoms with E-state index in [1.807, 2.05) is 0 Å². The van der Waals surface area contributed by atoms with E-state index in [2.05, 4.69) is 15.4 Å². The Bertz CT molecular complexity index is 483. The number of halogens is 3. The normalized spacial score (nSPS) is 18.8. The van der Waals surface area contributed by atoms with Crippen molar-refractivity contribution >= 4 is 5.91 Å². The third kappa shape index (κ3) is 5.55. The van der Waals surface area contributed by atoms with E-state index >= 15 is 0 Å². The molecule has 1 heterocycles. The van der Waals surface area contributed by atoms with E-state index in [4.69, 9.17) is 0 Å². The number of carbonyl (C=O) groups excluding carboxylic acids is 1. The van der Waals surface area contributed by atoms with Gasteiger partial charge in [0.2, 0.25) is 0 Å². The number of carbonyl (C=O) groups is 1. The molecule has 22 heavy (non-hydrogen) atoms. The summed E-state index contributed by atoms with van der Waals surface area (Å²) in [6.45, 7) is 2.58. The van der Waals surface area contributed by atoms with E-state index in [-0.39, 0.29) is 11.7 Å². The van der Waals surface area contributed by atoms with E-state index < -0.39 is 6.36 Å². The first-order chi connectivity index (χ1) is 10.4. The molecule has 1 atom stereocenters. The first kappa shape index (κ1) is 16.6. The van der Waals surface area contributed by atoms with Gasteiger partial charge in [0.1, 0.15) is 5.75 Å². The van der Waals surface area contributed by atoms with E-state index in [0.29, 0.717) is 18.0 Å². The van der Waals surface area contributed by atoms with Crippen LogP contribution >= 0.6 is 0 Å². The van der Waals surface area contributed by atoms with Gasteiger partial charge in [-0.25, -0.2) is 0 Å². The molecule has 1 saturated heterocycles. The first-order valence-electron chi connectivity index (χ1n) is 7.29. The van der Waals surface area contributed by atoms with Crippen molar-refractivity contribution in [2.24, 2.45) is 5.92 Å². The fraction of sp³-hybridized carbons (Fsp3) is 0.533. The molecule has 1 aliphatic heterocycles. The molecule has 0 radical (unpaired) electrons. The predicted molar refractivity (Wildman–Crippen MR) is 75.7 cm³/mol. The van der Waals surface area contributed by atoms with Crippen molar-refractivity contribution in [2.75, 3.05) is 19.6 Å². The van der Waals surface area contributed by atoms with Crippen LogP contribution in [0, 0.1) is 5.92 Å². The zero-order chi connectivity index (χ0) is 16.0. The number of amides is 1. The molecule has 0 aliphatic carbocycles. The topological polar surface area (TPSA) is 50.4 Å². The van der Waals surface area contributed by atoms with E-state index in [1.165, 1.54) is 12.1 Å². The van der Waals surface area contributed by atoms with Crippen LogP contribution in [-0.2, 0) is 0 Å². The maximum absolute atomic E-state index is 12.0. The smallest absolute Gasteiger partial charge is 0.406 e. The van der Waals surface area contributed by atoms with Crippen molar-refractivity contribution in [3.05, 3.63) is 29.8 Å². The van der Waals surface area contributed by atoms with Crippen molar-refractivity contribution in [2.45, 2.75) is 25.6 Å². The highest BCUT2D eigenvalue weighted by Crippen LogP contribution is 2.22. The summed E-state index contributed by atoms with van der Waals surface area (Å²) in [5.41, 5.74) is 0.316. The van der Waals surface area contributed by atoms with Crippen LogP contribution < -0.4 is 15.4 Å². The zero-order valence-electron chi connectivity index (χ0n) is 12.1. The highest BCUT2D eigenvalue weighted by Gasteiger charge is 2.31. The molecule has 2 N–H and O–H groups in total. The molecule has 122 valence electrons. The summed E-state index contributed by atoms with van der Waals surface area (Å²) in [5.74, 6) is -0.0590. The van der Waals surface area contributed by atoms with Gasteiger partial charge in [0.05, 0.1) is 0 Å². The van der Waals surface area contributed by atoms with Gasteiger partial charge in [0.15, 0.2) is 0 Å². The summed E-state index contributed by atoms with van der Waals surface area (Å²) in [4.78, 5) is 11.9. The van der Waals surface area contributed by atoms with Crippen LogP contribution in [0.25, 0.3) is 0 Å². The second-order valence-corrected chi connectivity index (χ2v) is 5.33. The fourth-order valence-electron chi connectivity index (χ4n) is 2.47. The van der Waals surface area contributed by atoms with Crippen LogP contribution in [0.1, 0.15) is 29.6 Å². The van der Waals surface area contributed by atoms with Crippen LogP contribution in [0.4, 0.5) is 13.2 Å². The number of piperidine rings is 1. The number of hydrogen-bond donors (Lipinski definition) is 2. The van der Waals surface area contributed by atoms with Crippen molar-refractivity contribution in [1.82, 2.24) is 10.6 Å². The second kappa shape index (κ2) is 7.49. The maximum Gasteiger partial charge on any atom is 0.573 e. The molecule has 2 rings (SSSR count). The van der Waals surface area contributed by atoms with Crippen LogP contribution in [-0.4, -0.2) is 31.9 Å². The number of hydrogen-bond acceptors (Lipinski definition) is 3. The Kier molecular flexibility index (Phi) is 5.65. The van der Waals surface area contributed by atoms with Gasteiger partial charge < -0.3 is 15.4 Å². The van der Waals surface area contributed by atoms with Crippen molar-refractivity contribution in [3.8, 4) is 5.75 Å². The van der Waals surface area contributed by atoms with Gasteiger partial charge in [0.25, 0.3) is 5.91 Å². The van der Waals surface area contributed by atoms with Gasteiger partial charge in [0, 0.05) is 12.1 Å². The molecule has 1 aliphatic rings. The molecule has 4 nitrogen and oxygen atoms in total. The number of alkyl halides is 3. The Morgan fingerprint density at radius 3 is 2.64 bits per heavy atom. The summed E-state index contributed by atoms with van der Waals surface area (Å²) in [5, 5.41) is 6.10. The minimum Gasteiger partial charge on any atom is -0.406 e. The van der Waals surface area contributed by atoms with Crippen LogP contribution in [0.15, 0.2) is 24.3 Å². The monoisotopic (exact) mass is 316 g/mol. The quantitative estimate of drug-likeness (QED) is 0.878. The molecule has 7 heteroatoms. The van der Waals surface area contributed by atoms with Crippen LogP contribution in [0.5, 0.6) is 5.75 Å². The Morgan fingerprint density at radius 2 is 2.05 bits per heavy atom. The van der Waals surface area contributed by atoms with Gasteiger partial charge in [-0.3, -0.25) is 4.79 Å². The minimum atomic E-state index is -4.72. The van der Waals surface area contributed by atoms with E-state index in [0.717, 1.165) is 44.5 Å². The number of rotatable bonds is 5. The highest BCUT2D eigenvalue weighted by molar-refractivity contribution is 5.94. The zero-order valence-corrected chi connectivity index (χ0v) is 12.1. The maximum atomic E-state index is 12.0. The van der Waals surface area contributed by atoms with Gasteiger partial charge in [-0.2, -0.15) is 0 Å². The molecule has 0 spiro atoms. The standard InChI is InChI=1S/C15H19F3N2O2/c16-15(17,18)22-13-5-3-12(4-6-13)14(21)20-9-7-11-2-1-8-19-10-11/h3-6,11,19H,1-2,7-10H2,(H,20,21). The van der Waals surface area contributed by atoms with E-state index in [1.54, 1.807) is 0 Å². The predicted octanol–water partition coefficient (Wildman–Crippen LogP) is 2.70. The second-order valence-electron chi connectivity index (χ2n) is 5.33. The lowest BCUT2D eigenvalue weighted by atomic mass is 9.96. The molecule has 1 aromatic rings. The lowest BCUT2D eigenvalue weighted by molar-refractivity contribution is -0.274. The van der Waals surface area contributed by atoms with Crippen LogP contribution in [0.3, 0.4) is 0 Å². The molecule has 0 aromatic heterocycles. The van der Waals surface area contributed by atoms with E-state index in [9.17, 15) is 18.0 Å². The van der Waals surface area contributed by atoms with Gasteiger partial charge in [-0.1, -0.05) is 0 Å². The van der Waals surface area contributed by atoms with Crippen LogP contribution in [0.2, 0.25) is 0 Å². The molecular formula is C15H19F3N2O2. The molecular weight excluding hydrogens is 297 g/mol. The first-order valence-corrected chi connectivity index (χ1v) is 7.29. The largest absolute Gasteiger partial charge is 0.573 e. The average molecular weight is 316 g/mol. The number of ether oxygens (including phenoxy) is 1. The Morgan fingerprint density at radius 1 is 1.32 bits per heavy atom. The Labute approximate surface area is 127 Å². The molecule has 1 aromatic carbocycles. The minimum absolute atomic E-state index is 0.290. The summed E-state index contributed by atoms with van der Waals surface area (Å²) in [7, 11) is 0. The van der Waals surface area contributed by atoms with Crippen molar-refractivity contribution in [3.63, 3.8) is 0 Å². The highest BCUT2D eigenvalue weighted by atomic mass is 19.4. The fourth-order valence-corrected chi connectivity index (χ4v) is 2.47. The summed E-state index contributed by atoms with van der Waals surface area (Å²) < 4.78 is 39.9. The number of nitrogens with one attached hydrogen (secondary N) is 2. The average Bonchev–Trinajstić information content (AvgIpc) is 2.47. The molecule has 0 bridgehead atoms. The SMILES string of the molecule is O=C(NCCC1CCCNC1)c1ccc(OC(F)(F)F)cc1. The summed E-state index contributed by atoms with van der Waals surface area (Å²) in [6, 6.07) is 4.90. The third-order valence-corrected chi connectivity index (χ3v) is 3.59. The molecule has 1 fully saturated rings. The molecule has 0 saturated carbocycles. The Hall–Kier alpha value is -1.76.